The van der Waals surface area contributed by atoms with Gasteiger partial charge < -0.3 is 18.8 Å². The minimum Gasteiger partial charge on any atom is -0.493 e. The van der Waals surface area contributed by atoms with Crippen LogP contribution >= 0.6 is 11.8 Å². The number of aromatic nitrogens is 3. The average Bonchev–Trinajstić information content (AvgIpc) is 3.12. The smallest absolute Gasteiger partial charge is 0.203 e. The Bertz CT molecular complexity index is 840. The van der Waals surface area contributed by atoms with Gasteiger partial charge in [-0.05, 0) is 25.5 Å². The molecule has 29 heavy (non-hydrogen) atoms. The molecule has 2 heterocycles. The highest BCUT2D eigenvalue weighted by atomic mass is 32.2. The minimum absolute atomic E-state index is 0.366. The molecular formula is C21H30N4O3S. The number of benzene rings is 1. The maximum absolute atomic E-state index is 5.65. The fourth-order valence-electron chi connectivity index (χ4n) is 3.88. The zero-order valence-corrected chi connectivity index (χ0v) is 18.5. The van der Waals surface area contributed by atoms with Gasteiger partial charge in [-0.15, -0.1) is 16.8 Å². The highest BCUT2D eigenvalue weighted by molar-refractivity contribution is 7.99. The van der Waals surface area contributed by atoms with Gasteiger partial charge >= 0.3 is 0 Å². The van der Waals surface area contributed by atoms with Crippen LogP contribution in [0.1, 0.15) is 30.1 Å². The number of hydrogen-bond donors (Lipinski definition) is 0. The lowest BCUT2D eigenvalue weighted by atomic mass is 9.96. The summed E-state index contributed by atoms with van der Waals surface area (Å²) in [6.07, 6.45) is 4.14. The number of rotatable bonds is 9. The van der Waals surface area contributed by atoms with Gasteiger partial charge in [0.15, 0.2) is 16.7 Å². The van der Waals surface area contributed by atoms with E-state index in [1.165, 1.54) is 0 Å². The number of piperidine rings is 1. The molecule has 2 aromatic rings. The van der Waals surface area contributed by atoms with Crippen LogP contribution in [-0.4, -0.2) is 59.8 Å². The quantitative estimate of drug-likeness (QED) is 0.456. The highest BCUT2D eigenvalue weighted by Gasteiger charge is 2.27. The molecule has 1 fully saturated rings. The molecule has 1 aliphatic rings. The van der Waals surface area contributed by atoms with E-state index in [9.17, 15) is 0 Å². The number of likely N-dealkylation sites (tertiary alicyclic amines) is 1. The Kier molecular flexibility index (Phi) is 7.44. The second kappa shape index (κ2) is 10.0. The van der Waals surface area contributed by atoms with Gasteiger partial charge in [0.1, 0.15) is 5.82 Å². The first-order valence-electron chi connectivity index (χ1n) is 9.76. The van der Waals surface area contributed by atoms with Crippen LogP contribution in [0.5, 0.6) is 17.2 Å². The van der Waals surface area contributed by atoms with Crippen molar-refractivity contribution in [2.24, 2.45) is 7.05 Å². The van der Waals surface area contributed by atoms with Crippen LogP contribution in [0.3, 0.4) is 0 Å². The molecule has 1 atom stereocenters. The van der Waals surface area contributed by atoms with Crippen LogP contribution in [0.25, 0.3) is 0 Å². The van der Waals surface area contributed by atoms with E-state index in [0.29, 0.717) is 17.4 Å². The van der Waals surface area contributed by atoms with Crippen molar-refractivity contribution in [1.82, 2.24) is 19.7 Å². The Balaban J connectivity index is 1.75. The third-order valence-electron chi connectivity index (χ3n) is 5.25. The van der Waals surface area contributed by atoms with Gasteiger partial charge in [-0.25, -0.2) is 0 Å². The molecule has 0 N–H and O–H groups in total. The first kappa shape index (κ1) is 21.5. The minimum atomic E-state index is 0.366. The molecule has 0 bridgehead atoms. The summed E-state index contributed by atoms with van der Waals surface area (Å²) in [7, 11) is 6.99. The summed E-state index contributed by atoms with van der Waals surface area (Å²) in [6.45, 7) is 6.55. The zero-order chi connectivity index (χ0) is 20.8. The van der Waals surface area contributed by atoms with Crippen molar-refractivity contribution in [2.45, 2.75) is 30.5 Å². The SMILES string of the molecule is C=CCSc1nnc([C@@H]2CCCN(Cc3ccc(OC)c(OC)c3OC)C2)n1C. The van der Waals surface area contributed by atoms with E-state index in [4.69, 9.17) is 14.2 Å². The van der Waals surface area contributed by atoms with Gasteiger partial charge in [-0.1, -0.05) is 23.9 Å². The summed E-state index contributed by atoms with van der Waals surface area (Å²) >= 11 is 1.66. The molecule has 0 amide bonds. The molecule has 0 spiro atoms. The molecular weight excluding hydrogens is 388 g/mol. The first-order valence-corrected chi connectivity index (χ1v) is 10.7. The molecule has 0 aliphatic carbocycles. The average molecular weight is 419 g/mol. The largest absolute Gasteiger partial charge is 0.493 e. The first-order chi connectivity index (χ1) is 14.1. The molecule has 158 valence electrons. The lowest BCUT2D eigenvalue weighted by Gasteiger charge is -2.32. The summed E-state index contributed by atoms with van der Waals surface area (Å²) in [5, 5.41) is 9.80. The van der Waals surface area contributed by atoms with Crippen molar-refractivity contribution in [3.63, 3.8) is 0 Å². The van der Waals surface area contributed by atoms with Crippen molar-refractivity contribution in [2.75, 3.05) is 40.2 Å². The summed E-state index contributed by atoms with van der Waals surface area (Å²) in [4.78, 5) is 2.45. The molecule has 1 saturated heterocycles. The predicted octanol–water partition coefficient (Wildman–Crippen LogP) is 3.50. The Morgan fingerprint density at radius 1 is 1.17 bits per heavy atom. The molecule has 8 heteroatoms. The van der Waals surface area contributed by atoms with Crippen LogP contribution in [0.15, 0.2) is 29.9 Å². The van der Waals surface area contributed by atoms with Crippen molar-refractivity contribution >= 4 is 11.8 Å². The third kappa shape index (κ3) is 4.70. The maximum Gasteiger partial charge on any atom is 0.203 e. The van der Waals surface area contributed by atoms with Crippen LogP contribution in [0.2, 0.25) is 0 Å². The zero-order valence-electron chi connectivity index (χ0n) is 17.7. The number of methoxy groups -OCH3 is 3. The lowest BCUT2D eigenvalue weighted by molar-refractivity contribution is 0.192. The van der Waals surface area contributed by atoms with Gasteiger partial charge in [0.2, 0.25) is 5.75 Å². The Morgan fingerprint density at radius 3 is 2.66 bits per heavy atom. The molecule has 3 rings (SSSR count). The van der Waals surface area contributed by atoms with E-state index < -0.39 is 0 Å². The summed E-state index contributed by atoms with van der Waals surface area (Å²) in [6, 6.07) is 3.99. The van der Waals surface area contributed by atoms with Gasteiger partial charge in [-0.3, -0.25) is 4.90 Å². The number of nitrogens with zero attached hydrogens (tertiary/aromatic N) is 4. The van der Waals surface area contributed by atoms with Crippen LogP contribution in [0, 0.1) is 0 Å². The van der Waals surface area contributed by atoms with Gasteiger partial charge in [0.05, 0.1) is 21.3 Å². The van der Waals surface area contributed by atoms with E-state index in [1.807, 2.05) is 12.1 Å². The van der Waals surface area contributed by atoms with Crippen LogP contribution in [-0.2, 0) is 13.6 Å². The van der Waals surface area contributed by atoms with Crippen LogP contribution in [0.4, 0.5) is 0 Å². The normalized spacial score (nSPS) is 17.2. The van der Waals surface area contributed by atoms with Crippen molar-refractivity contribution in [3.05, 3.63) is 36.2 Å². The molecule has 0 saturated carbocycles. The standard InChI is InChI=1S/C21H30N4O3S/c1-6-12-29-21-23-22-20(24(21)2)16-8-7-11-25(14-16)13-15-9-10-17(26-3)19(28-5)18(15)27-4/h6,9-10,16H,1,7-8,11-14H2,2-5H3/t16-/m1/s1. The number of hydrogen-bond acceptors (Lipinski definition) is 7. The molecule has 0 radical (unpaired) electrons. The monoisotopic (exact) mass is 418 g/mol. The molecule has 7 nitrogen and oxygen atoms in total. The van der Waals surface area contributed by atoms with Gasteiger partial charge in [0, 0.05) is 37.4 Å². The summed E-state index contributed by atoms with van der Waals surface area (Å²) in [5.74, 6) is 4.30. The van der Waals surface area contributed by atoms with E-state index in [1.54, 1.807) is 33.1 Å². The maximum atomic E-state index is 5.65. The van der Waals surface area contributed by atoms with E-state index in [2.05, 4.69) is 39.4 Å². The Morgan fingerprint density at radius 2 is 1.97 bits per heavy atom. The predicted molar refractivity (Wildman–Crippen MR) is 115 cm³/mol. The second-order valence-corrected chi connectivity index (χ2v) is 8.05. The van der Waals surface area contributed by atoms with Gasteiger partial charge in [0.25, 0.3) is 0 Å². The fraction of sp³-hybridized carbons (Fsp3) is 0.524. The molecule has 0 unspecified atom stereocenters. The summed E-state index contributed by atoms with van der Waals surface area (Å²) < 4.78 is 18.7. The van der Waals surface area contributed by atoms with Crippen molar-refractivity contribution in [1.29, 1.82) is 0 Å². The van der Waals surface area contributed by atoms with E-state index in [0.717, 1.165) is 60.5 Å². The number of thioether (sulfide) groups is 1. The Hall–Kier alpha value is -2.19. The van der Waals surface area contributed by atoms with Crippen molar-refractivity contribution < 1.29 is 14.2 Å². The highest BCUT2D eigenvalue weighted by Crippen LogP contribution is 2.40. The fourth-order valence-corrected chi connectivity index (χ4v) is 4.53. The van der Waals surface area contributed by atoms with Crippen molar-refractivity contribution in [3.8, 4) is 17.2 Å². The third-order valence-corrected chi connectivity index (χ3v) is 6.27. The second-order valence-electron chi connectivity index (χ2n) is 7.07. The summed E-state index contributed by atoms with van der Waals surface area (Å²) in [5.41, 5.74) is 1.09. The lowest BCUT2D eigenvalue weighted by Crippen LogP contribution is -2.35. The molecule has 1 aromatic heterocycles. The van der Waals surface area contributed by atoms with E-state index in [-0.39, 0.29) is 0 Å². The Labute approximate surface area is 177 Å². The number of ether oxygens (including phenoxy) is 3. The van der Waals surface area contributed by atoms with E-state index >= 15 is 0 Å². The van der Waals surface area contributed by atoms with Crippen LogP contribution < -0.4 is 14.2 Å². The topological polar surface area (TPSA) is 61.6 Å². The molecule has 1 aliphatic heterocycles. The molecule has 1 aromatic carbocycles. The van der Waals surface area contributed by atoms with Gasteiger partial charge in [-0.2, -0.15) is 0 Å².